The molecule has 0 aliphatic carbocycles. The summed E-state index contributed by atoms with van der Waals surface area (Å²) in [5, 5.41) is 2.75. The molecule has 4 aromatic rings. The van der Waals surface area contributed by atoms with Crippen molar-refractivity contribution in [1.29, 1.82) is 0 Å². The Kier molecular flexibility index (Phi) is 6.82. The molecule has 0 aliphatic heterocycles. The number of rotatable bonds is 7. The largest absolute Gasteiger partial charge is 0.383 e. The summed E-state index contributed by atoms with van der Waals surface area (Å²) in [6.07, 6.45) is 3.09. The van der Waals surface area contributed by atoms with Gasteiger partial charge in [-0.3, -0.25) is 9.59 Å². The molecule has 0 unspecified atom stereocenters. The van der Waals surface area contributed by atoms with Gasteiger partial charge in [0.15, 0.2) is 11.6 Å². The van der Waals surface area contributed by atoms with Crippen LogP contribution in [0.5, 0.6) is 0 Å². The second kappa shape index (κ2) is 10.1. The fraction of sp³-hybridized carbons (Fsp3) is 0.0741. The smallest absolute Gasteiger partial charge is 0.263 e. The number of amides is 1. The number of carbonyl (C=O) groups excluding carboxylic acids is 1. The standard InChI is InChI=1S/C27H22F2N4O2/c1-17(21-7-3-11-31-25(21)30)20-6-2-5-18(13-20)15-32-26(34)22-8-4-12-33(27(22)35)16-19-9-10-23(28)24(29)14-19/h2-14H,1,15-16H2,(H2,30,31)(H,32,34). The molecule has 0 spiro atoms. The average Bonchev–Trinajstić information content (AvgIpc) is 2.86. The Morgan fingerprint density at radius 2 is 1.77 bits per heavy atom. The van der Waals surface area contributed by atoms with E-state index in [0.717, 1.165) is 28.8 Å². The lowest BCUT2D eigenvalue weighted by atomic mass is 9.98. The van der Waals surface area contributed by atoms with Gasteiger partial charge in [-0.25, -0.2) is 13.8 Å². The molecular formula is C27H22F2N4O2. The number of nitrogens with zero attached hydrogens (tertiary/aromatic N) is 2. The molecule has 0 saturated heterocycles. The van der Waals surface area contributed by atoms with E-state index < -0.39 is 23.1 Å². The number of halogens is 2. The second-order valence-corrected chi connectivity index (χ2v) is 7.90. The van der Waals surface area contributed by atoms with E-state index >= 15 is 0 Å². The second-order valence-electron chi connectivity index (χ2n) is 7.90. The molecule has 3 N–H and O–H groups in total. The summed E-state index contributed by atoms with van der Waals surface area (Å²) in [4.78, 5) is 29.7. The first-order valence-electron chi connectivity index (χ1n) is 10.7. The highest BCUT2D eigenvalue weighted by molar-refractivity contribution is 5.93. The molecule has 0 atom stereocenters. The van der Waals surface area contributed by atoms with E-state index in [1.807, 2.05) is 30.3 Å². The molecule has 0 aliphatic rings. The number of nitrogens with one attached hydrogen (secondary N) is 1. The summed E-state index contributed by atoms with van der Waals surface area (Å²) in [5.41, 5.74) is 8.81. The Morgan fingerprint density at radius 3 is 2.54 bits per heavy atom. The Hall–Kier alpha value is -4.59. The third kappa shape index (κ3) is 5.33. The zero-order valence-corrected chi connectivity index (χ0v) is 18.7. The van der Waals surface area contributed by atoms with Crippen molar-refractivity contribution in [3.63, 3.8) is 0 Å². The summed E-state index contributed by atoms with van der Waals surface area (Å²) < 4.78 is 27.9. The number of anilines is 1. The van der Waals surface area contributed by atoms with E-state index in [2.05, 4.69) is 16.9 Å². The van der Waals surface area contributed by atoms with E-state index in [-0.39, 0.29) is 18.7 Å². The summed E-state index contributed by atoms with van der Waals surface area (Å²) in [5.74, 6) is -2.14. The lowest BCUT2D eigenvalue weighted by molar-refractivity contribution is 0.0948. The van der Waals surface area contributed by atoms with Crippen molar-refractivity contribution >= 4 is 17.3 Å². The zero-order valence-electron chi connectivity index (χ0n) is 18.7. The van der Waals surface area contributed by atoms with Gasteiger partial charge in [-0.1, -0.05) is 30.8 Å². The van der Waals surface area contributed by atoms with Crippen molar-refractivity contribution in [2.45, 2.75) is 13.1 Å². The van der Waals surface area contributed by atoms with Crippen LogP contribution in [0.4, 0.5) is 14.6 Å². The van der Waals surface area contributed by atoms with Crippen LogP contribution in [0, 0.1) is 11.6 Å². The van der Waals surface area contributed by atoms with E-state index in [0.29, 0.717) is 17.0 Å². The van der Waals surface area contributed by atoms with E-state index in [9.17, 15) is 18.4 Å². The highest BCUT2D eigenvalue weighted by Gasteiger charge is 2.13. The maximum absolute atomic E-state index is 13.5. The molecule has 0 saturated carbocycles. The van der Waals surface area contributed by atoms with Crippen LogP contribution in [-0.2, 0) is 13.1 Å². The van der Waals surface area contributed by atoms with Crippen LogP contribution in [0.25, 0.3) is 5.57 Å². The number of benzene rings is 2. The minimum Gasteiger partial charge on any atom is -0.383 e. The summed E-state index contributed by atoms with van der Waals surface area (Å²) in [6.45, 7) is 4.29. The maximum Gasteiger partial charge on any atom is 0.263 e. The molecule has 1 amide bonds. The Labute approximate surface area is 200 Å². The quantitative estimate of drug-likeness (QED) is 0.423. The van der Waals surface area contributed by atoms with Crippen LogP contribution < -0.4 is 16.6 Å². The van der Waals surface area contributed by atoms with E-state index in [4.69, 9.17) is 5.73 Å². The summed E-state index contributed by atoms with van der Waals surface area (Å²) in [7, 11) is 0. The third-order valence-electron chi connectivity index (χ3n) is 5.49. The van der Waals surface area contributed by atoms with Crippen molar-refractivity contribution in [2.75, 3.05) is 5.73 Å². The fourth-order valence-electron chi connectivity index (χ4n) is 3.64. The van der Waals surface area contributed by atoms with Crippen LogP contribution in [0.3, 0.4) is 0 Å². The van der Waals surface area contributed by atoms with Crippen LogP contribution in [-0.4, -0.2) is 15.5 Å². The van der Waals surface area contributed by atoms with Crippen LogP contribution in [0.2, 0.25) is 0 Å². The number of aromatic nitrogens is 2. The maximum atomic E-state index is 13.5. The number of hydrogen-bond acceptors (Lipinski definition) is 4. The first kappa shape index (κ1) is 23.6. The molecule has 2 heterocycles. The first-order chi connectivity index (χ1) is 16.8. The third-order valence-corrected chi connectivity index (χ3v) is 5.49. The molecule has 176 valence electrons. The molecular weight excluding hydrogens is 450 g/mol. The number of carbonyl (C=O) groups is 1. The number of nitrogens with two attached hydrogens (primary N) is 1. The van der Waals surface area contributed by atoms with Gasteiger partial charge < -0.3 is 15.6 Å². The molecule has 0 fully saturated rings. The lowest BCUT2D eigenvalue weighted by Crippen LogP contribution is -2.32. The topological polar surface area (TPSA) is 90.0 Å². The molecule has 2 aromatic heterocycles. The Morgan fingerprint density at radius 1 is 0.971 bits per heavy atom. The van der Waals surface area contributed by atoms with Gasteiger partial charge in [-0.2, -0.15) is 0 Å². The molecule has 8 heteroatoms. The highest BCUT2D eigenvalue weighted by atomic mass is 19.2. The Bertz CT molecular complexity index is 1480. The number of nitrogen functional groups attached to an aromatic ring is 1. The van der Waals surface area contributed by atoms with Gasteiger partial charge in [0.25, 0.3) is 11.5 Å². The lowest BCUT2D eigenvalue weighted by Gasteiger charge is -2.11. The van der Waals surface area contributed by atoms with Gasteiger partial charge in [0.2, 0.25) is 0 Å². The van der Waals surface area contributed by atoms with E-state index in [1.54, 1.807) is 18.3 Å². The summed E-state index contributed by atoms with van der Waals surface area (Å²) >= 11 is 0. The van der Waals surface area contributed by atoms with E-state index in [1.165, 1.54) is 22.9 Å². The van der Waals surface area contributed by atoms with Crippen molar-refractivity contribution in [1.82, 2.24) is 14.9 Å². The fourth-order valence-corrected chi connectivity index (χ4v) is 3.64. The highest BCUT2D eigenvalue weighted by Crippen LogP contribution is 2.25. The minimum atomic E-state index is -0.999. The summed E-state index contributed by atoms with van der Waals surface area (Å²) in [6, 6.07) is 17.4. The molecule has 4 rings (SSSR count). The SMILES string of the molecule is C=C(c1cccc(CNC(=O)c2cccn(Cc3ccc(F)c(F)c3)c2=O)c1)c1cccnc1N. The predicted octanol–water partition coefficient (Wildman–Crippen LogP) is 4.14. The molecule has 0 radical (unpaired) electrons. The molecule has 35 heavy (non-hydrogen) atoms. The van der Waals surface area contributed by atoms with Gasteiger partial charge in [-0.15, -0.1) is 0 Å². The van der Waals surface area contributed by atoms with Crippen LogP contribution >= 0.6 is 0 Å². The van der Waals surface area contributed by atoms with Crippen LogP contribution in [0.15, 0.2) is 90.5 Å². The molecule has 0 bridgehead atoms. The van der Waals surface area contributed by atoms with Gasteiger partial charge in [0.05, 0.1) is 6.54 Å². The molecule has 2 aromatic carbocycles. The van der Waals surface area contributed by atoms with Crippen molar-refractivity contribution in [3.05, 3.63) is 136 Å². The normalized spacial score (nSPS) is 10.7. The first-order valence-corrected chi connectivity index (χ1v) is 10.7. The van der Waals surface area contributed by atoms with Crippen molar-refractivity contribution in [3.8, 4) is 0 Å². The average molecular weight is 472 g/mol. The van der Waals surface area contributed by atoms with Gasteiger partial charge in [0.1, 0.15) is 11.4 Å². The predicted molar refractivity (Wildman–Crippen MR) is 131 cm³/mol. The van der Waals surface area contributed by atoms with Crippen molar-refractivity contribution in [2.24, 2.45) is 0 Å². The number of pyridine rings is 2. The van der Waals surface area contributed by atoms with Gasteiger partial charge in [0, 0.05) is 24.5 Å². The molecule has 6 nitrogen and oxygen atoms in total. The monoisotopic (exact) mass is 472 g/mol. The minimum absolute atomic E-state index is 0.00121. The van der Waals surface area contributed by atoms with Gasteiger partial charge >= 0.3 is 0 Å². The Balaban J connectivity index is 1.47. The zero-order chi connectivity index (χ0) is 24.9. The number of hydrogen-bond donors (Lipinski definition) is 2. The van der Waals surface area contributed by atoms with Crippen LogP contribution in [0.1, 0.15) is 32.6 Å². The van der Waals surface area contributed by atoms with Gasteiger partial charge in [-0.05, 0) is 64.7 Å². The van der Waals surface area contributed by atoms with Crippen molar-refractivity contribution < 1.29 is 13.6 Å².